The Hall–Kier alpha value is -3.47. The van der Waals surface area contributed by atoms with Gasteiger partial charge in [-0.3, -0.25) is 0 Å². The first-order valence-electron chi connectivity index (χ1n) is 9.15. The van der Waals surface area contributed by atoms with Gasteiger partial charge in [0, 0.05) is 48.3 Å². The molecule has 0 unspecified atom stereocenters. The second kappa shape index (κ2) is 6.36. The van der Waals surface area contributed by atoms with E-state index in [1.807, 2.05) is 59.9 Å². The SMILES string of the molecule is O=C(Nc1c[nH]c2ccccc12)N1CCc2cc(-n3cccc3)ccc2C1. The van der Waals surface area contributed by atoms with Gasteiger partial charge in [0.15, 0.2) is 0 Å². The lowest BCUT2D eigenvalue weighted by atomic mass is 9.99. The number of aromatic amines is 1. The highest BCUT2D eigenvalue weighted by Gasteiger charge is 2.21. The van der Waals surface area contributed by atoms with Gasteiger partial charge in [0.25, 0.3) is 0 Å². The van der Waals surface area contributed by atoms with Crippen molar-refractivity contribution in [2.45, 2.75) is 13.0 Å². The molecule has 2 N–H and O–H groups in total. The molecule has 134 valence electrons. The molecule has 1 aliphatic rings. The summed E-state index contributed by atoms with van der Waals surface area (Å²) in [7, 11) is 0. The summed E-state index contributed by atoms with van der Waals surface area (Å²) < 4.78 is 2.11. The molecule has 27 heavy (non-hydrogen) atoms. The zero-order chi connectivity index (χ0) is 18.2. The summed E-state index contributed by atoms with van der Waals surface area (Å²) in [4.78, 5) is 17.8. The lowest BCUT2D eigenvalue weighted by Gasteiger charge is -2.29. The van der Waals surface area contributed by atoms with E-state index in [1.54, 1.807) is 0 Å². The van der Waals surface area contributed by atoms with E-state index in [-0.39, 0.29) is 6.03 Å². The van der Waals surface area contributed by atoms with Crippen LogP contribution < -0.4 is 5.32 Å². The summed E-state index contributed by atoms with van der Waals surface area (Å²) >= 11 is 0. The van der Waals surface area contributed by atoms with Crippen LogP contribution in [0.25, 0.3) is 16.6 Å². The van der Waals surface area contributed by atoms with E-state index in [1.165, 1.54) is 11.1 Å². The Morgan fingerprint density at radius 3 is 2.74 bits per heavy atom. The van der Waals surface area contributed by atoms with Gasteiger partial charge in [-0.05, 0) is 47.9 Å². The van der Waals surface area contributed by atoms with Gasteiger partial charge < -0.3 is 19.8 Å². The molecular weight excluding hydrogens is 336 g/mol. The number of hydrogen-bond acceptors (Lipinski definition) is 1. The molecular formula is C22H20N4O. The number of aromatic nitrogens is 2. The monoisotopic (exact) mass is 356 g/mol. The number of carbonyl (C=O) groups excluding carboxylic acids is 1. The number of nitrogens with one attached hydrogen (secondary N) is 2. The lowest BCUT2D eigenvalue weighted by molar-refractivity contribution is 0.206. The summed E-state index contributed by atoms with van der Waals surface area (Å²) in [6.07, 6.45) is 6.81. The molecule has 1 aliphatic heterocycles. The van der Waals surface area contributed by atoms with Crippen molar-refractivity contribution in [2.75, 3.05) is 11.9 Å². The average Bonchev–Trinajstić information content (AvgIpc) is 3.38. The zero-order valence-corrected chi connectivity index (χ0v) is 14.9. The van der Waals surface area contributed by atoms with Crippen LogP contribution in [0.3, 0.4) is 0 Å². The van der Waals surface area contributed by atoms with Crippen molar-refractivity contribution in [3.63, 3.8) is 0 Å². The second-order valence-electron chi connectivity index (χ2n) is 6.89. The first-order chi connectivity index (χ1) is 13.3. The Labute approximate surface area is 157 Å². The molecule has 5 nitrogen and oxygen atoms in total. The number of hydrogen-bond donors (Lipinski definition) is 2. The molecule has 4 aromatic rings. The topological polar surface area (TPSA) is 53.1 Å². The first kappa shape index (κ1) is 15.8. The van der Waals surface area contributed by atoms with Crippen LogP contribution >= 0.6 is 0 Å². The van der Waals surface area contributed by atoms with Crippen LogP contribution in [0, 0.1) is 0 Å². The van der Waals surface area contributed by atoms with Gasteiger partial charge in [0.1, 0.15) is 0 Å². The molecule has 0 radical (unpaired) electrons. The van der Waals surface area contributed by atoms with E-state index < -0.39 is 0 Å². The van der Waals surface area contributed by atoms with E-state index in [4.69, 9.17) is 0 Å². The summed E-state index contributed by atoms with van der Waals surface area (Å²) in [6, 6.07) is 18.4. The highest BCUT2D eigenvalue weighted by Crippen LogP contribution is 2.25. The number of urea groups is 1. The Kier molecular flexibility index (Phi) is 3.71. The Morgan fingerprint density at radius 1 is 1.00 bits per heavy atom. The lowest BCUT2D eigenvalue weighted by Crippen LogP contribution is -2.38. The molecule has 2 aromatic heterocycles. The molecule has 0 fully saturated rings. The van der Waals surface area contributed by atoms with Gasteiger partial charge in [-0.25, -0.2) is 4.79 Å². The largest absolute Gasteiger partial charge is 0.359 e. The highest BCUT2D eigenvalue weighted by molar-refractivity contribution is 6.01. The molecule has 0 saturated carbocycles. The van der Waals surface area contributed by atoms with Gasteiger partial charge in [-0.1, -0.05) is 24.3 Å². The summed E-state index contributed by atoms with van der Waals surface area (Å²) in [5.41, 5.74) is 5.54. The van der Waals surface area contributed by atoms with Crippen LogP contribution in [0.1, 0.15) is 11.1 Å². The number of para-hydroxylation sites is 1. The maximum Gasteiger partial charge on any atom is 0.322 e. The molecule has 0 saturated heterocycles. The van der Waals surface area contributed by atoms with Gasteiger partial charge in [0.05, 0.1) is 5.69 Å². The third-order valence-corrected chi connectivity index (χ3v) is 5.22. The minimum absolute atomic E-state index is 0.0557. The Bertz CT molecular complexity index is 1110. The quantitative estimate of drug-likeness (QED) is 0.544. The zero-order valence-electron chi connectivity index (χ0n) is 14.9. The summed E-state index contributed by atoms with van der Waals surface area (Å²) in [5, 5.41) is 4.08. The van der Waals surface area contributed by atoms with Crippen molar-refractivity contribution in [2.24, 2.45) is 0 Å². The van der Waals surface area contributed by atoms with Crippen LogP contribution in [0.15, 0.2) is 73.2 Å². The Morgan fingerprint density at radius 2 is 1.85 bits per heavy atom. The van der Waals surface area contributed by atoms with Gasteiger partial charge >= 0.3 is 6.03 Å². The predicted octanol–water partition coefficient (Wildman–Crippen LogP) is 4.55. The van der Waals surface area contributed by atoms with Gasteiger partial charge in [-0.15, -0.1) is 0 Å². The maximum atomic E-state index is 12.8. The predicted molar refractivity (Wildman–Crippen MR) is 107 cm³/mol. The molecule has 0 atom stereocenters. The van der Waals surface area contributed by atoms with Gasteiger partial charge in [-0.2, -0.15) is 0 Å². The fourth-order valence-corrected chi connectivity index (χ4v) is 3.75. The molecule has 0 spiro atoms. The average molecular weight is 356 g/mol. The Balaban J connectivity index is 1.34. The summed E-state index contributed by atoms with van der Waals surface area (Å²) in [5.74, 6) is 0. The molecule has 5 heteroatoms. The number of fused-ring (bicyclic) bond motifs is 2. The van der Waals surface area contributed by atoms with Crippen molar-refractivity contribution in [3.05, 3.63) is 84.3 Å². The molecule has 2 amide bonds. The van der Waals surface area contributed by atoms with Gasteiger partial charge in [0.2, 0.25) is 0 Å². The van der Waals surface area contributed by atoms with Crippen molar-refractivity contribution in [1.29, 1.82) is 0 Å². The van der Waals surface area contributed by atoms with Crippen molar-refractivity contribution >= 4 is 22.6 Å². The highest BCUT2D eigenvalue weighted by atomic mass is 16.2. The van der Waals surface area contributed by atoms with E-state index in [2.05, 4.69) is 33.1 Å². The second-order valence-corrected chi connectivity index (χ2v) is 6.89. The maximum absolute atomic E-state index is 12.8. The number of rotatable bonds is 2. The van der Waals surface area contributed by atoms with Crippen molar-refractivity contribution < 1.29 is 4.79 Å². The number of benzene rings is 2. The number of amides is 2. The van der Waals surface area contributed by atoms with E-state index in [0.29, 0.717) is 6.54 Å². The molecule has 0 bridgehead atoms. The fourth-order valence-electron chi connectivity index (χ4n) is 3.75. The number of anilines is 1. The third kappa shape index (κ3) is 2.87. The van der Waals surface area contributed by atoms with Crippen LogP contribution in [0.2, 0.25) is 0 Å². The molecule has 3 heterocycles. The first-order valence-corrected chi connectivity index (χ1v) is 9.15. The normalized spacial score (nSPS) is 13.6. The smallest absolute Gasteiger partial charge is 0.322 e. The summed E-state index contributed by atoms with van der Waals surface area (Å²) in [6.45, 7) is 1.35. The molecule has 2 aromatic carbocycles. The van der Waals surface area contributed by atoms with Crippen LogP contribution in [-0.2, 0) is 13.0 Å². The number of carbonyl (C=O) groups is 1. The minimum atomic E-state index is -0.0557. The number of nitrogens with zero attached hydrogens (tertiary/aromatic N) is 2. The van der Waals surface area contributed by atoms with E-state index in [9.17, 15) is 4.79 Å². The minimum Gasteiger partial charge on any atom is -0.359 e. The third-order valence-electron chi connectivity index (χ3n) is 5.22. The van der Waals surface area contributed by atoms with Crippen LogP contribution in [0.5, 0.6) is 0 Å². The van der Waals surface area contributed by atoms with E-state index in [0.717, 1.165) is 35.2 Å². The molecule has 5 rings (SSSR count). The van der Waals surface area contributed by atoms with E-state index >= 15 is 0 Å². The van der Waals surface area contributed by atoms with Crippen LogP contribution in [-0.4, -0.2) is 27.0 Å². The molecule has 0 aliphatic carbocycles. The number of H-pyrrole nitrogens is 1. The standard InChI is InChI=1S/C22H20N4O/c27-22(24-21-14-23-20-6-2-1-5-19(20)21)26-12-9-16-13-18(8-7-17(16)15-26)25-10-3-4-11-25/h1-8,10-11,13-14,23H,9,12,15H2,(H,24,27). The van der Waals surface area contributed by atoms with Crippen molar-refractivity contribution in [3.8, 4) is 5.69 Å². The van der Waals surface area contributed by atoms with Crippen LogP contribution in [0.4, 0.5) is 10.5 Å². The van der Waals surface area contributed by atoms with Crippen molar-refractivity contribution in [1.82, 2.24) is 14.5 Å². The fraction of sp³-hybridized carbons (Fsp3) is 0.136.